The van der Waals surface area contributed by atoms with Crippen molar-refractivity contribution >= 4 is 23.1 Å². The molecule has 0 aliphatic carbocycles. The van der Waals surface area contributed by atoms with Gasteiger partial charge in [0.2, 0.25) is 5.91 Å². The van der Waals surface area contributed by atoms with Crippen LogP contribution in [0.25, 0.3) is 0 Å². The van der Waals surface area contributed by atoms with Gasteiger partial charge < -0.3 is 10.6 Å². The highest BCUT2D eigenvalue weighted by molar-refractivity contribution is 5.97. The van der Waals surface area contributed by atoms with Gasteiger partial charge in [-0.2, -0.15) is 5.26 Å². The van der Waals surface area contributed by atoms with E-state index in [0.717, 1.165) is 5.69 Å². The molecule has 1 amide bonds. The van der Waals surface area contributed by atoms with Crippen molar-refractivity contribution in [1.29, 1.82) is 5.26 Å². The second-order valence-corrected chi connectivity index (χ2v) is 5.05. The Morgan fingerprint density at radius 3 is 2.57 bits per heavy atom. The average molecular weight is 307 g/mol. The van der Waals surface area contributed by atoms with Crippen LogP contribution in [0.2, 0.25) is 0 Å². The quantitative estimate of drug-likeness (QED) is 0.803. The number of benzene rings is 2. The lowest BCUT2D eigenvalue weighted by atomic mass is 10.1. The van der Waals surface area contributed by atoms with E-state index in [1.807, 2.05) is 6.07 Å². The molecule has 116 valence electrons. The molecule has 0 saturated carbocycles. The third kappa shape index (κ3) is 4.97. The number of hydrogen-bond donors (Lipinski definition) is 2. The van der Waals surface area contributed by atoms with Gasteiger partial charge in [0.15, 0.2) is 5.78 Å². The molecule has 2 aromatic carbocycles. The maximum atomic E-state index is 11.9. The summed E-state index contributed by atoms with van der Waals surface area (Å²) in [5.74, 6) is -0.185. The van der Waals surface area contributed by atoms with Gasteiger partial charge in [0.25, 0.3) is 0 Å². The predicted octanol–water partition coefficient (Wildman–Crippen LogP) is 3.20. The van der Waals surface area contributed by atoms with E-state index in [9.17, 15) is 9.59 Å². The number of ketones is 1. The molecule has 0 saturated heterocycles. The zero-order chi connectivity index (χ0) is 16.7. The number of amides is 1. The van der Waals surface area contributed by atoms with Gasteiger partial charge >= 0.3 is 0 Å². The van der Waals surface area contributed by atoms with Crippen molar-refractivity contribution in [2.24, 2.45) is 0 Å². The number of nitrogens with zero attached hydrogens (tertiary/aromatic N) is 1. The molecular formula is C18H17N3O2. The summed E-state index contributed by atoms with van der Waals surface area (Å²) in [6, 6.07) is 16.0. The maximum Gasteiger partial charge on any atom is 0.226 e. The topological polar surface area (TPSA) is 82.0 Å². The van der Waals surface area contributed by atoms with Crippen LogP contribution in [0.4, 0.5) is 11.4 Å². The third-order valence-corrected chi connectivity index (χ3v) is 3.23. The molecule has 2 aromatic rings. The molecule has 0 unspecified atom stereocenters. The Labute approximate surface area is 134 Å². The first-order valence-electron chi connectivity index (χ1n) is 7.23. The molecule has 5 heteroatoms. The van der Waals surface area contributed by atoms with E-state index in [1.165, 1.54) is 6.92 Å². The van der Waals surface area contributed by atoms with Gasteiger partial charge in [0.05, 0.1) is 11.6 Å². The molecule has 23 heavy (non-hydrogen) atoms. The molecule has 0 radical (unpaired) electrons. The van der Waals surface area contributed by atoms with Gasteiger partial charge in [-0.25, -0.2) is 0 Å². The number of nitriles is 1. The molecule has 0 bridgehead atoms. The van der Waals surface area contributed by atoms with E-state index in [1.54, 1.807) is 42.5 Å². The fourth-order valence-electron chi connectivity index (χ4n) is 2.06. The third-order valence-electron chi connectivity index (χ3n) is 3.23. The second kappa shape index (κ2) is 7.76. The number of rotatable bonds is 6. The Hall–Kier alpha value is -3.13. The fraction of sp³-hybridized carbons (Fsp3) is 0.167. The number of carbonyl (C=O) groups is 2. The minimum Gasteiger partial charge on any atom is -0.384 e. The molecule has 0 atom stereocenters. The molecule has 0 spiro atoms. The molecule has 5 nitrogen and oxygen atoms in total. The summed E-state index contributed by atoms with van der Waals surface area (Å²) < 4.78 is 0. The molecule has 0 fully saturated rings. The first kappa shape index (κ1) is 16.2. The molecule has 2 rings (SSSR count). The predicted molar refractivity (Wildman–Crippen MR) is 89.3 cm³/mol. The smallest absolute Gasteiger partial charge is 0.226 e. The Kier molecular flexibility index (Phi) is 5.48. The first-order chi connectivity index (χ1) is 11.1. The van der Waals surface area contributed by atoms with E-state index in [0.29, 0.717) is 23.4 Å². The average Bonchev–Trinajstić information content (AvgIpc) is 2.55. The minimum atomic E-state index is -0.144. The Balaban J connectivity index is 1.84. The van der Waals surface area contributed by atoms with Crippen molar-refractivity contribution in [3.8, 4) is 6.07 Å². The van der Waals surface area contributed by atoms with Crippen LogP contribution >= 0.6 is 0 Å². The van der Waals surface area contributed by atoms with Gasteiger partial charge in [0, 0.05) is 29.9 Å². The fourth-order valence-corrected chi connectivity index (χ4v) is 2.06. The summed E-state index contributed by atoms with van der Waals surface area (Å²) >= 11 is 0. The summed E-state index contributed by atoms with van der Waals surface area (Å²) in [5.41, 5.74) is 2.54. The summed E-state index contributed by atoms with van der Waals surface area (Å²) in [6.07, 6.45) is 0.279. The zero-order valence-corrected chi connectivity index (χ0v) is 12.8. The van der Waals surface area contributed by atoms with Crippen LogP contribution in [0.5, 0.6) is 0 Å². The van der Waals surface area contributed by atoms with Crippen molar-refractivity contribution in [2.45, 2.75) is 13.3 Å². The molecule has 0 heterocycles. The normalized spacial score (nSPS) is 9.74. The van der Waals surface area contributed by atoms with Crippen LogP contribution in [0.1, 0.15) is 29.3 Å². The highest BCUT2D eigenvalue weighted by Crippen LogP contribution is 2.12. The van der Waals surface area contributed by atoms with Crippen LogP contribution in [-0.2, 0) is 4.79 Å². The number of carbonyl (C=O) groups excluding carboxylic acids is 2. The van der Waals surface area contributed by atoms with E-state index in [-0.39, 0.29) is 18.1 Å². The van der Waals surface area contributed by atoms with Crippen molar-refractivity contribution in [1.82, 2.24) is 0 Å². The number of nitrogens with one attached hydrogen (secondary N) is 2. The first-order valence-corrected chi connectivity index (χ1v) is 7.23. The lowest BCUT2D eigenvalue weighted by Gasteiger charge is -2.08. The van der Waals surface area contributed by atoms with Crippen molar-refractivity contribution in [3.63, 3.8) is 0 Å². The van der Waals surface area contributed by atoms with Gasteiger partial charge in [-0.3, -0.25) is 9.59 Å². The highest BCUT2D eigenvalue weighted by atomic mass is 16.1. The SMILES string of the molecule is CC(=O)c1cccc(NC(=O)CCNc2cccc(C#N)c2)c1. The van der Waals surface area contributed by atoms with Crippen LogP contribution in [0, 0.1) is 11.3 Å². The van der Waals surface area contributed by atoms with Crippen LogP contribution in [0.15, 0.2) is 48.5 Å². The van der Waals surface area contributed by atoms with Gasteiger partial charge in [-0.1, -0.05) is 18.2 Å². The summed E-state index contributed by atoms with van der Waals surface area (Å²) in [6.45, 7) is 1.94. The summed E-state index contributed by atoms with van der Waals surface area (Å²) in [4.78, 5) is 23.2. The summed E-state index contributed by atoms with van der Waals surface area (Å²) in [5, 5.41) is 14.7. The molecule has 0 aliphatic heterocycles. The highest BCUT2D eigenvalue weighted by Gasteiger charge is 2.05. The molecule has 2 N–H and O–H groups in total. The zero-order valence-electron chi connectivity index (χ0n) is 12.8. The van der Waals surface area contributed by atoms with E-state index in [2.05, 4.69) is 16.7 Å². The largest absolute Gasteiger partial charge is 0.384 e. The van der Waals surface area contributed by atoms with Gasteiger partial charge in [-0.05, 0) is 37.3 Å². The number of anilines is 2. The minimum absolute atomic E-state index is 0.0415. The monoisotopic (exact) mass is 307 g/mol. The van der Waals surface area contributed by atoms with Crippen LogP contribution in [-0.4, -0.2) is 18.2 Å². The summed E-state index contributed by atoms with van der Waals surface area (Å²) in [7, 11) is 0. The number of Topliss-reactive ketones (excluding diaryl/α,β-unsaturated/α-hetero) is 1. The van der Waals surface area contributed by atoms with Gasteiger partial charge in [-0.15, -0.1) is 0 Å². The Bertz CT molecular complexity index is 763. The standard InChI is InChI=1S/C18H17N3O2/c1-13(22)15-5-3-7-17(11-15)21-18(23)8-9-20-16-6-2-4-14(10-16)12-19/h2-7,10-11,20H,8-9H2,1H3,(H,21,23). The van der Waals surface area contributed by atoms with E-state index >= 15 is 0 Å². The van der Waals surface area contributed by atoms with Crippen molar-refractivity contribution in [2.75, 3.05) is 17.2 Å². The molecule has 0 aliphatic rings. The van der Waals surface area contributed by atoms with E-state index in [4.69, 9.17) is 5.26 Å². The van der Waals surface area contributed by atoms with Crippen LogP contribution in [0.3, 0.4) is 0 Å². The van der Waals surface area contributed by atoms with Crippen molar-refractivity contribution < 1.29 is 9.59 Å². The van der Waals surface area contributed by atoms with Crippen molar-refractivity contribution in [3.05, 3.63) is 59.7 Å². The lowest BCUT2D eigenvalue weighted by molar-refractivity contribution is -0.115. The van der Waals surface area contributed by atoms with Crippen LogP contribution < -0.4 is 10.6 Å². The Morgan fingerprint density at radius 1 is 1.09 bits per heavy atom. The lowest BCUT2D eigenvalue weighted by Crippen LogP contribution is -2.16. The van der Waals surface area contributed by atoms with E-state index < -0.39 is 0 Å². The molecule has 0 aromatic heterocycles. The number of hydrogen-bond acceptors (Lipinski definition) is 4. The molecular weight excluding hydrogens is 290 g/mol. The second-order valence-electron chi connectivity index (χ2n) is 5.05. The van der Waals surface area contributed by atoms with Gasteiger partial charge in [0.1, 0.15) is 0 Å². The Morgan fingerprint density at radius 2 is 1.83 bits per heavy atom. The maximum absolute atomic E-state index is 11.9.